The second kappa shape index (κ2) is 4.87. The standard InChI is InChI=1S/C10H15N5OS/c1-6(2)15-5-11-13-10(15)17-7(3)9-12-8(4)14-16-9/h5-7H,1-4H3/t7-/m1/s1. The molecule has 17 heavy (non-hydrogen) atoms. The molecular formula is C10H15N5OS. The van der Waals surface area contributed by atoms with E-state index in [4.69, 9.17) is 4.52 Å². The highest BCUT2D eigenvalue weighted by molar-refractivity contribution is 7.99. The van der Waals surface area contributed by atoms with Crippen LogP contribution in [0.25, 0.3) is 0 Å². The van der Waals surface area contributed by atoms with Crippen LogP contribution in [0.5, 0.6) is 0 Å². The zero-order valence-electron chi connectivity index (χ0n) is 10.3. The molecule has 0 saturated carbocycles. The molecule has 0 spiro atoms. The van der Waals surface area contributed by atoms with E-state index in [2.05, 4.69) is 34.2 Å². The smallest absolute Gasteiger partial charge is 0.239 e. The van der Waals surface area contributed by atoms with E-state index in [9.17, 15) is 0 Å². The predicted molar refractivity (Wildman–Crippen MR) is 63.7 cm³/mol. The molecule has 0 aliphatic heterocycles. The van der Waals surface area contributed by atoms with Gasteiger partial charge in [0.15, 0.2) is 11.0 Å². The first-order valence-corrected chi connectivity index (χ1v) is 6.32. The Labute approximate surface area is 104 Å². The molecule has 0 unspecified atom stereocenters. The van der Waals surface area contributed by atoms with Crippen molar-refractivity contribution in [1.82, 2.24) is 24.9 Å². The van der Waals surface area contributed by atoms with E-state index in [1.807, 2.05) is 11.5 Å². The van der Waals surface area contributed by atoms with Gasteiger partial charge < -0.3 is 9.09 Å². The third kappa shape index (κ3) is 2.66. The Balaban J connectivity index is 2.13. The number of thioether (sulfide) groups is 1. The lowest BCUT2D eigenvalue weighted by Gasteiger charge is -2.11. The topological polar surface area (TPSA) is 69.6 Å². The SMILES string of the molecule is Cc1noc([C@@H](C)Sc2nncn2C(C)C)n1. The average Bonchev–Trinajstić information content (AvgIpc) is 2.86. The third-order valence-corrected chi connectivity index (χ3v) is 3.33. The van der Waals surface area contributed by atoms with Crippen LogP contribution in [-0.2, 0) is 0 Å². The van der Waals surface area contributed by atoms with Crippen LogP contribution in [-0.4, -0.2) is 24.9 Å². The van der Waals surface area contributed by atoms with Gasteiger partial charge in [-0.25, -0.2) is 0 Å². The molecule has 0 aliphatic rings. The van der Waals surface area contributed by atoms with Crippen molar-refractivity contribution >= 4 is 11.8 Å². The van der Waals surface area contributed by atoms with E-state index in [1.54, 1.807) is 25.0 Å². The van der Waals surface area contributed by atoms with E-state index in [0.29, 0.717) is 17.8 Å². The molecule has 7 heteroatoms. The lowest BCUT2D eigenvalue weighted by Crippen LogP contribution is -2.02. The van der Waals surface area contributed by atoms with Crippen LogP contribution < -0.4 is 0 Å². The highest BCUT2D eigenvalue weighted by Crippen LogP contribution is 2.33. The molecule has 0 saturated heterocycles. The second-order valence-corrected chi connectivity index (χ2v) is 5.36. The maximum absolute atomic E-state index is 5.14. The lowest BCUT2D eigenvalue weighted by molar-refractivity contribution is 0.376. The average molecular weight is 253 g/mol. The van der Waals surface area contributed by atoms with Gasteiger partial charge in [0.25, 0.3) is 0 Å². The molecule has 0 amide bonds. The minimum atomic E-state index is 0.0675. The van der Waals surface area contributed by atoms with Gasteiger partial charge in [-0.2, -0.15) is 4.98 Å². The number of hydrogen-bond donors (Lipinski definition) is 0. The molecular weight excluding hydrogens is 238 g/mol. The van der Waals surface area contributed by atoms with Crippen molar-refractivity contribution in [3.63, 3.8) is 0 Å². The van der Waals surface area contributed by atoms with Crippen molar-refractivity contribution in [2.24, 2.45) is 0 Å². The fourth-order valence-electron chi connectivity index (χ4n) is 1.36. The molecule has 0 fully saturated rings. The zero-order valence-corrected chi connectivity index (χ0v) is 11.1. The van der Waals surface area contributed by atoms with Gasteiger partial charge in [-0.3, -0.25) is 0 Å². The Morgan fingerprint density at radius 3 is 2.71 bits per heavy atom. The summed E-state index contributed by atoms with van der Waals surface area (Å²) < 4.78 is 7.15. The summed E-state index contributed by atoms with van der Waals surface area (Å²) in [6, 6.07) is 0.337. The van der Waals surface area contributed by atoms with Crippen molar-refractivity contribution in [3.8, 4) is 0 Å². The third-order valence-electron chi connectivity index (χ3n) is 2.27. The quantitative estimate of drug-likeness (QED) is 0.779. The maximum atomic E-state index is 5.14. The van der Waals surface area contributed by atoms with Crippen LogP contribution >= 0.6 is 11.8 Å². The Kier molecular flexibility index (Phi) is 3.46. The molecule has 1 atom stereocenters. The number of aromatic nitrogens is 5. The predicted octanol–water partition coefficient (Wildman–Crippen LogP) is 2.40. The number of hydrogen-bond acceptors (Lipinski definition) is 6. The molecule has 2 aromatic heterocycles. The molecule has 92 valence electrons. The molecule has 2 heterocycles. The van der Waals surface area contributed by atoms with Gasteiger partial charge in [0, 0.05) is 6.04 Å². The van der Waals surface area contributed by atoms with Crippen LogP contribution in [0.4, 0.5) is 0 Å². The highest BCUT2D eigenvalue weighted by atomic mass is 32.2. The van der Waals surface area contributed by atoms with E-state index in [1.165, 1.54) is 0 Å². The van der Waals surface area contributed by atoms with Crippen molar-refractivity contribution in [1.29, 1.82) is 0 Å². The first kappa shape index (κ1) is 12.1. The normalized spacial score (nSPS) is 13.2. The Bertz CT molecular complexity index is 492. The molecule has 0 bridgehead atoms. The summed E-state index contributed by atoms with van der Waals surface area (Å²) in [5.41, 5.74) is 0. The van der Waals surface area contributed by atoms with Gasteiger partial charge in [0.1, 0.15) is 6.33 Å². The van der Waals surface area contributed by atoms with Gasteiger partial charge in [0.2, 0.25) is 5.89 Å². The molecule has 0 radical (unpaired) electrons. The van der Waals surface area contributed by atoms with Gasteiger partial charge in [0.05, 0.1) is 5.25 Å². The largest absolute Gasteiger partial charge is 0.338 e. The summed E-state index contributed by atoms with van der Waals surface area (Å²) in [4.78, 5) is 4.21. The van der Waals surface area contributed by atoms with Crippen molar-refractivity contribution in [2.45, 2.75) is 44.1 Å². The van der Waals surface area contributed by atoms with Gasteiger partial charge >= 0.3 is 0 Å². The number of nitrogens with zero attached hydrogens (tertiary/aromatic N) is 5. The van der Waals surface area contributed by atoms with Crippen LogP contribution in [0.1, 0.15) is 43.8 Å². The Morgan fingerprint density at radius 2 is 2.12 bits per heavy atom. The zero-order chi connectivity index (χ0) is 12.4. The van der Waals surface area contributed by atoms with E-state index < -0.39 is 0 Å². The second-order valence-electron chi connectivity index (χ2n) is 4.05. The van der Waals surface area contributed by atoms with Gasteiger partial charge in [-0.15, -0.1) is 10.2 Å². The Hall–Kier alpha value is -1.37. The van der Waals surface area contributed by atoms with Crippen molar-refractivity contribution in [2.75, 3.05) is 0 Å². The first-order chi connectivity index (χ1) is 8.08. The Morgan fingerprint density at radius 1 is 1.35 bits per heavy atom. The van der Waals surface area contributed by atoms with Crippen LogP contribution in [0.3, 0.4) is 0 Å². The lowest BCUT2D eigenvalue weighted by atomic mass is 10.4. The highest BCUT2D eigenvalue weighted by Gasteiger charge is 2.18. The summed E-state index contributed by atoms with van der Waals surface area (Å²) in [7, 11) is 0. The van der Waals surface area contributed by atoms with Gasteiger partial charge in [-0.05, 0) is 27.7 Å². The van der Waals surface area contributed by atoms with Crippen LogP contribution in [0, 0.1) is 6.92 Å². The van der Waals surface area contributed by atoms with E-state index >= 15 is 0 Å². The van der Waals surface area contributed by atoms with Crippen molar-refractivity contribution < 1.29 is 4.52 Å². The maximum Gasteiger partial charge on any atom is 0.239 e. The van der Waals surface area contributed by atoms with E-state index in [-0.39, 0.29) is 5.25 Å². The number of aryl methyl sites for hydroxylation is 1. The molecule has 0 aliphatic carbocycles. The van der Waals surface area contributed by atoms with Crippen molar-refractivity contribution in [3.05, 3.63) is 18.0 Å². The molecule has 0 aromatic carbocycles. The number of rotatable bonds is 4. The summed E-state index contributed by atoms with van der Waals surface area (Å²) in [5, 5.41) is 12.7. The minimum absolute atomic E-state index is 0.0675. The molecule has 0 N–H and O–H groups in total. The first-order valence-electron chi connectivity index (χ1n) is 5.44. The summed E-state index contributed by atoms with van der Waals surface area (Å²) in [6.07, 6.45) is 1.73. The van der Waals surface area contributed by atoms with Crippen LogP contribution in [0.15, 0.2) is 16.0 Å². The fourth-order valence-corrected chi connectivity index (χ4v) is 2.34. The monoisotopic (exact) mass is 253 g/mol. The summed E-state index contributed by atoms with van der Waals surface area (Å²) >= 11 is 1.56. The summed E-state index contributed by atoms with van der Waals surface area (Å²) in [6.45, 7) is 8.00. The molecule has 2 rings (SSSR count). The molecule has 2 aromatic rings. The molecule has 6 nitrogen and oxygen atoms in total. The van der Waals surface area contributed by atoms with Gasteiger partial charge in [-0.1, -0.05) is 16.9 Å². The minimum Gasteiger partial charge on any atom is -0.338 e. The van der Waals surface area contributed by atoms with Crippen LogP contribution in [0.2, 0.25) is 0 Å². The van der Waals surface area contributed by atoms with E-state index in [0.717, 1.165) is 5.16 Å². The fraction of sp³-hybridized carbons (Fsp3) is 0.600. The summed E-state index contributed by atoms with van der Waals surface area (Å²) in [5.74, 6) is 1.27.